The highest BCUT2D eigenvalue weighted by Crippen LogP contribution is 2.45. The molecule has 2 saturated heterocycles. The van der Waals surface area contributed by atoms with Gasteiger partial charge in [0.1, 0.15) is 12.8 Å². The second-order valence-electron chi connectivity index (χ2n) is 12.1. The molecule has 3 N–H and O–H groups in total. The number of nitrogen functional groups attached to an aromatic ring is 1. The van der Waals surface area contributed by atoms with Gasteiger partial charge in [0.2, 0.25) is 0 Å². The van der Waals surface area contributed by atoms with Gasteiger partial charge in [0, 0.05) is 61.5 Å². The number of fused-ring (bicyclic) bond motifs is 1. The van der Waals surface area contributed by atoms with Crippen LogP contribution >= 0.6 is 0 Å². The number of hydrogen-bond acceptors (Lipinski definition) is 7. The summed E-state index contributed by atoms with van der Waals surface area (Å²) in [5, 5.41) is 16.5. The van der Waals surface area contributed by atoms with Crippen LogP contribution in [-0.2, 0) is 17.8 Å². The van der Waals surface area contributed by atoms with E-state index in [-0.39, 0.29) is 36.1 Å². The number of urea groups is 1. The lowest BCUT2D eigenvalue weighted by Crippen LogP contribution is -2.80. The normalized spacial score (nSPS) is 27.6. The van der Waals surface area contributed by atoms with Gasteiger partial charge in [0.05, 0.1) is 13.0 Å². The summed E-state index contributed by atoms with van der Waals surface area (Å²) < 4.78 is -0.380. The predicted molar refractivity (Wildman–Crippen MR) is 156 cm³/mol. The van der Waals surface area contributed by atoms with Crippen molar-refractivity contribution in [3.63, 3.8) is 0 Å². The number of nitrogens with zero attached hydrogens (tertiary/aromatic N) is 4. The zero-order chi connectivity index (χ0) is 29.2. The molecule has 2 fully saturated rings. The number of carbonyl (C=O) groups is 3. The van der Waals surface area contributed by atoms with Gasteiger partial charge in [0.25, 0.3) is 6.09 Å². The van der Waals surface area contributed by atoms with Crippen LogP contribution in [0, 0.1) is 0 Å². The fraction of sp³-hybridized carbons (Fsp3) is 0.516. The zero-order valence-corrected chi connectivity index (χ0v) is 24.1. The van der Waals surface area contributed by atoms with E-state index in [0.29, 0.717) is 50.6 Å². The molecule has 2 unspecified atom stereocenters. The third-order valence-corrected chi connectivity index (χ3v) is 9.76. The van der Waals surface area contributed by atoms with Crippen molar-refractivity contribution in [3.8, 4) is 0 Å². The molecule has 2 aromatic carbocycles. The average molecular weight is 563 g/mol. The summed E-state index contributed by atoms with van der Waals surface area (Å²) in [4.78, 5) is 45.7. The molecule has 3 heterocycles. The number of quaternary nitrogens is 1. The molecule has 0 bridgehead atoms. The molecular formula is C31H42N6O4. The molecule has 10 heteroatoms. The van der Waals surface area contributed by atoms with Crippen LogP contribution in [0.3, 0.4) is 0 Å². The molecule has 2 aromatic rings. The molecule has 0 spiro atoms. The Kier molecular flexibility index (Phi) is 8.35. The van der Waals surface area contributed by atoms with Crippen molar-refractivity contribution in [2.45, 2.75) is 62.8 Å². The lowest BCUT2D eigenvalue weighted by atomic mass is 9.81. The molecule has 0 saturated carbocycles. The second-order valence-corrected chi connectivity index (χ2v) is 12.1. The van der Waals surface area contributed by atoms with Crippen molar-refractivity contribution in [1.82, 2.24) is 14.7 Å². The first kappa shape index (κ1) is 29.0. The van der Waals surface area contributed by atoms with E-state index in [1.807, 2.05) is 41.3 Å². The number of carbonyl (C=O) groups excluding carboxylic acids is 3. The minimum Gasteiger partial charge on any atom is -0.498 e. The summed E-state index contributed by atoms with van der Waals surface area (Å²) in [5.41, 5.74) is 8.17. The van der Waals surface area contributed by atoms with E-state index in [0.717, 1.165) is 35.9 Å². The van der Waals surface area contributed by atoms with Crippen molar-refractivity contribution < 1.29 is 24.0 Å². The highest BCUT2D eigenvalue weighted by Gasteiger charge is 2.61. The summed E-state index contributed by atoms with van der Waals surface area (Å²) in [6.45, 7) is 2.27. The Hall–Kier alpha value is -3.47. The van der Waals surface area contributed by atoms with Crippen molar-refractivity contribution in [1.29, 1.82) is 0 Å². The van der Waals surface area contributed by atoms with Crippen LogP contribution in [0.25, 0.3) is 0 Å². The number of aldehydes is 1. The first-order valence-corrected chi connectivity index (χ1v) is 14.6. The monoisotopic (exact) mass is 562 g/mol. The summed E-state index contributed by atoms with van der Waals surface area (Å²) in [7, 11) is 4.13. The van der Waals surface area contributed by atoms with E-state index in [1.165, 1.54) is 0 Å². The highest BCUT2D eigenvalue weighted by molar-refractivity contribution is 5.91. The van der Waals surface area contributed by atoms with Gasteiger partial charge in [-0.05, 0) is 57.1 Å². The van der Waals surface area contributed by atoms with E-state index in [4.69, 9.17) is 5.73 Å². The van der Waals surface area contributed by atoms with E-state index in [9.17, 15) is 19.5 Å². The summed E-state index contributed by atoms with van der Waals surface area (Å²) in [6, 6.07) is 15.0. The van der Waals surface area contributed by atoms with Gasteiger partial charge < -0.3 is 35.5 Å². The van der Waals surface area contributed by atoms with Gasteiger partial charge in [-0.3, -0.25) is 9.38 Å². The van der Waals surface area contributed by atoms with Gasteiger partial charge >= 0.3 is 6.03 Å². The molecule has 0 aliphatic carbocycles. The zero-order valence-electron chi connectivity index (χ0n) is 24.1. The standard InChI is InChI=1S/C31H42N6O4/c1-34(2)26-12-16-35(17-13-26)31(15-20-38)21-27(36-18-11-24-5-3-4-6-28(24)33-29(36)39)14-19-37(31,30(40)41)22-23-7-9-25(32)10-8-23/h3-10,20,26-27H,11-19,21-22,32H2,1-2H3,(H-,33,39,40,41)/t27?,31?,37-/m0/s1. The van der Waals surface area contributed by atoms with E-state index >= 15 is 0 Å². The molecule has 5 rings (SSSR count). The van der Waals surface area contributed by atoms with Gasteiger partial charge in [-0.1, -0.05) is 30.3 Å². The van der Waals surface area contributed by atoms with Gasteiger partial charge in [-0.15, -0.1) is 0 Å². The smallest absolute Gasteiger partial charge is 0.322 e. The lowest BCUT2D eigenvalue weighted by molar-refractivity contribution is -0.956. The Bertz CT molecular complexity index is 1260. The third kappa shape index (κ3) is 5.43. The maximum Gasteiger partial charge on any atom is 0.322 e. The van der Waals surface area contributed by atoms with Crippen molar-refractivity contribution in [2.24, 2.45) is 0 Å². The topological polar surface area (TPSA) is 122 Å². The van der Waals surface area contributed by atoms with Crippen LogP contribution in [0.4, 0.5) is 21.0 Å². The number of carboxylic acid groups (broad SMARTS) is 1. The Morgan fingerprint density at radius 1 is 1.12 bits per heavy atom. The van der Waals surface area contributed by atoms with Crippen LogP contribution in [0.5, 0.6) is 0 Å². The number of piperidine rings is 2. The maximum absolute atomic E-state index is 13.5. The number of nitrogens with two attached hydrogens (primary N) is 1. The Balaban J connectivity index is 1.54. The average Bonchev–Trinajstić information content (AvgIpc) is 3.13. The minimum absolute atomic E-state index is 0.0365. The molecule has 220 valence electrons. The highest BCUT2D eigenvalue weighted by atomic mass is 16.4. The molecular weight excluding hydrogens is 520 g/mol. The van der Waals surface area contributed by atoms with Crippen LogP contribution < -0.4 is 16.2 Å². The second kappa shape index (κ2) is 11.8. The van der Waals surface area contributed by atoms with Crippen LogP contribution in [0.1, 0.15) is 43.2 Å². The number of likely N-dealkylation sites (tertiary alicyclic amines) is 2. The summed E-state index contributed by atoms with van der Waals surface area (Å²) >= 11 is 0. The number of rotatable bonds is 7. The third-order valence-electron chi connectivity index (χ3n) is 9.76. The van der Waals surface area contributed by atoms with E-state index in [1.54, 1.807) is 12.1 Å². The Morgan fingerprint density at radius 3 is 2.49 bits per heavy atom. The van der Waals surface area contributed by atoms with Crippen molar-refractivity contribution in [3.05, 3.63) is 59.7 Å². The molecule has 0 radical (unpaired) electrons. The SMILES string of the molecule is CN(C)C1CCN(C2(CC=O)CC(N3CCc4ccccc4NC3=O)CC[N@+]2(Cc2ccc(N)cc2)C(=O)[O-])CC1. The number of hydrogen-bond donors (Lipinski definition) is 2. The largest absolute Gasteiger partial charge is 0.498 e. The predicted octanol–water partition coefficient (Wildman–Crippen LogP) is 2.49. The Labute approximate surface area is 242 Å². The van der Waals surface area contributed by atoms with Crippen molar-refractivity contribution >= 4 is 29.8 Å². The fourth-order valence-electron chi connectivity index (χ4n) is 7.44. The molecule has 3 aliphatic rings. The molecule has 10 nitrogen and oxygen atoms in total. The van der Waals surface area contributed by atoms with Crippen molar-refractivity contribution in [2.75, 3.05) is 51.3 Å². The first-order valence-electron chi connectivity index (χ1n) is 14.6. The van der Waals surface area contributed by atoms with Gasteiger partial charge in [-0.2, -0.15) is 0 Å². The number of para-hydroxylation sites is 1. The number of anilines is 2. The minimum atomic E-state index is -1.19. The molecule has 41 heavy (non-hydrogen) atoms. The molecule has 3 aliphatic heterocycles. The Morgan fingerprint density at radius 2 is 1.83 bits per heavy atom. The quantitative estimate of drug-likeness (QED) is 0.302. The van der Waals surface area contributed by atoms with Gasteiger partial charge in [-0.25, -0.2) is 4.79 Å². The van der Waals surface area contributed by atoms with Gasteiger partial charge in [0.15, 0.2) is 5.66 Å². The number of nitrogens with one attached hydrogen (secondary N) is 1. The molecule has 0 aromatic heterocycles. The van der Waals surface area contributed by atoms with Crippen LogP contribution in [0.15, 0.2) is 48.5 Å². The number of amides is 3. The maximum atomic E-state index is 13.5. The molecule has 3 amide bonds. The summed E-state index contributed by atoms with van der Waals surface area (Å²) in [5.74, 6) is 0. The fourth-order valence-corrected chi connectivity index (χ4v) is 7.44. The first-order chi connectivity index (χ1) is 19.7. The number of benzene rings is 2. The van der Waals surface area contributed by atoms with E-state index in [2.05, 4.69) is 29.2 Å². The van der Waals surface area contributed by atoms with Crippen LogP contribution in [0.2, 0.25) is 0 Å². The lowest BCUT2D eigenvalue weighted by Gasteiger charge is -2.61. The summed E-state index contributed by atoms with van der Waals surface area (Å²) in [6.07, 6.45) is 2.99. The van der Waals surface area contributed by atoms with Crippen LogP contribution in [-0.4, -0.2) is 95.6 Å². The van der Waals surface area contributed by atoms with E-state index < -0.39 is 11.8 Å². The molecule has 3 atom stereocenters.